The molecule has 0 fully saturated rings. The highest BCUT2D eigenvalue weighted by atomic mass is 16.6. The fourth-order valence-corrected chi connectivity index (χ4v) is 3.72. The Morgan fingerprint density at radius 1 is 0.576 bits per heavy atom. The third kappa shape index (κ3) is 24.9. The zero-order valence-electron chi connectivity index (χ0n) is 21.8. The first-order chi connectivity index (χ1) is 15.8. The summed E-state index contributed by atoms with van der Waals surface area (Å²) in [6.07, 6.45) is 18.7. The van der Waals surface area contributed by atoms with E-state index < -0.39 is 18.0 Å². The molecule has 0 aliphatic rings. The van der Waals surface area contributed by atoms with Gasteiger partial charge in [0.25, 0.3) is 0 Å². The molecule has 194 valence electrons. The molecule has 33 heavy (non-hydrogen) atoms. The van der Waals surface area contributed by atoms with Crippen molar-refractivity contribution < 1.29 is 28.6 Å². The van der Waals surface area contributed by atoms with Crippen LogP contribution in [0.5, 0.6) is 0 Å². The Kier molecular flexibility index (Phi) is 21.1. The lowest BCUT2D eigenvalue weighted by molar-refractivity contribution is -0.165. The molecular weight excluding hydrogens is 420 g/mol. The predicted molar refractivity (Wildman–Crippen MR) is 132 cm³/mol. The molecule has 0 N–H and O–H groups in total. The highest BCUT2D eigenvalue weighted by Gasteiger charge is 2.17. The topological polar surface area (TPSA) is 78.9 Å². The van der Waals surface area contributed by atoms with Gasteiger partial charge in [-0.25, -0.2) is 0 Å². The van der Waals surface area contributed by atoms with Crippen LogP contribution in [0.25, 0.3) is 0 Å². The second-order valence-electron chi connectivity index (χ2n) is 9.60. The van der Waals surface area contributed by atoms with Crippen LogP contribution in [0.4, 0.5) is 0 Å². The van der Waals surface area contributed by atoms with Gasteiger partial charge in [0.05, 0.1) is 0 Å². The lowest BCUT2D eigenvalue weighted by Crippen LogP contribution is -2.30. The summed E-state index contributed by atoms with van der Waals surface area (Å²) in [6.45, 7) is 6.96. The summed E-state index contributed by atoms with van der Waals surface area (Å²) in [6, 6.07) is 0. The van der Waals surface area contributed by atoms with Crippen molar-refractivity contribution in [3.05, 3.63) is 0 Å². The van der Waals surface area contributed by atoms with E-state index in [4.69, 9.17) is 14.2 Å². The van der Waals surface area contributed by atoms with Crippen LogP contribution in [0.3, 0.4) is 0 Å². The fourth-order valence-electron chi connectivity index (χ4n) is 3.72. The summed E-state index contributed by atoms with van der Waals surface area (Å²) >= 11 is 0. The Hall–Kier alpha value is -1.59. The molecule has 0 saturated heterocycles. The molecule has 0 amide bonds. The molecule has 0 aliphatic heterocycles. The van der Waals surface area contributed by atoms with E-state index in [1.165, 1.54) is 90.9 Å². The number of rotatable bonds is 22. The summed E-state index contributed by atoms with van der Waals surface area (Å²) in [7, 11) is 0. The number of esters is 3. The molecule has 0 bridgehead atoms. The third-order valence-corrected chi connectivity index (χ3v) is 5.66. The van der Waals surface area contributed by atoms with Gasteiger partial charge in [-0.3, -0.25) is 14.4 Å². The van der Waals surface area contributed by atoms with Gasteiger partial charge in [-0.2, -0.15) is 0 Å². The van der Waals surface area contributed by atoms with Crippen LogP contribution >= 0.6 is 0 Å². The maximum atomic E-state index is 12.0. The van der Waals surface area contributed by atoms with Crippen LogP contribution in [0.15, 0.2) is 0 Å². The summed E-state index contributed by atoms with van der Waals surface area (Å²) < 4.78 is 15.0. The van der Waals surface area contributed by atoms with Gasteiger partial charge in [0.2, 0.25) is 0 Å². The van der Waals surface area contributed by atoms with Gasteiger partial charge in [-0.1, -0.05) is 104 Å². The molecule has 0 spiro atoms. The van der Waals surface area contributed by atoms with Crippen LogP contribution in [0.1, 0.15) is 130 Å². The third-order valence-electron chi connectivity index (χ3n) is 5.66. The minimum atomic E-state index is -0.754. The molecule has 0 aromatic rings. The van der Waals surface area contributed by atoms with Crippen molar-refractivity contribution in [1.82, 2.24) is 0 Å². The summed E-state index contributed by atoms with van der Waals surface area (Å²) in [5, 5.41) is 0. The van der Waals surface area contributed by atoms with E-state index in [-0.39, 0.29) is 19.2 Å². The monoisotopic (exact) mass is 470 g/mol. The Morgan fingerprint density at radius 2 is 0.939 bits per heavy atom. The van der Waals surface area contributed by atoms with Crippen LogP contribution in [0, 0.1) is 5.92 Å². The Bertz CT molecular complexity index is 485. The minimum absolute atomic E-state index is 0.105. The lowest BCUT2D eigenvalue weighted by atomic mass is 10.0. The molecule has 0 aromatic carbocycles. The number of hydrogen-bond donors (Lipinski definition) is 0. The van der Waals surface area contributed by atoms with Crippen molar-refractivity contribution in [2.24, 2.45) is 5.92 Å². The fraction of sp³-hybridized carbons (Fsp3) is 0.889. The molecule has 6 nitrogen and oxygen atoms in total. The number of hydrogen-bond acceptors (Lipinski definition) is 6. The molecule has 0 unspecified atom stereocenters. The second-order valence-corrected chi connectivity index (χ2v) is 9.60. The van der Waals surface area contributed by atoms with Gasteiger partial charge in [-0.15, -0.1) is 0 Å². The molecule has 0 aliphatic carbocycles. The van der Waals surface area contributed by atoms with E-state index in [1.807, 2.05) is 0 Å². The van der Waals surface area contributed by atoms with E-state index >= 15 is 0 Å². The molecule has 0 rings (SSSR count). The zero-order chi connectivity index (χ0) is 24.7. The van der Waals surface area contributed by atoms with Gasteiger partial charge in [0.15, 0.2) is 6.10 Å². The average Bonchev–Trinajstić information content (AvgIpc) is 2.74. The standard InChI is InChI=1S/C27H50O6/c1-23(2)19-17-15-13-11-9-7-5-6-8-10-12-14-16-18-20-27(30)33-26(21-31-24(3)28)22-32-25(4)29/h23,26H,5-22H2,1-4H3. The van der Waals surface area contributed by atoms with Crippen LogP contribution in [0.2, 0.25) is 0 Å². The van der Waals surface area contributed by atoms with E-state index in [2.05, 4.69) is 13.8 Å². The largest absolute Gasteiger partial charge is 0.462 e. The summed E-state index contributed by atoms with van der Waals surface area (Å²) in [5.74, 6) is -0.434. The SMILES string of the molecule is CC(=O)OCC(COC(C)=O)OC(=O)CCCCCCCCCCCCCCCCC(C)C. The quantitative estimate of drug-likeness (QED) is 0.0970. The summed E-state index contributed by atoms with van der Waals surface area (Å²) in [4.78, 5) is 33.9. The lowest BCUT2D eigenvalue weighted by Gasteiger charge is -2.17. The van der Waals surface area contributed by atoms with Crippen molar-refractivity contribution >= 4 is 17.9 Å². The van der Waals surface area contributed by atoms with Crippen molar-refractivity contribution in [1.29, 1.82) is 0 Å². The van der Waals surface area contributed by atoms with Crippen molar-refractivity contribution in [2.45, 2.75) is 137 Å². The molecule has 0 atom stereocenters. The van der Waals surface area contributed by atoms with E-state index in [1.54, 1.807) is 0 Å². The first kappa shape index (κ1) is 31.4. The first-order valence-electron chi connectivity index (χ1n) is 13.3. The minimum Gasteiger partial charge on any atom is -0.462 e. The molecule has 0 aromatic heterocycles. The van der Waals surface area contributed by atoms with Crippen LogP contribution < -0.4 is 0 Å². The smallest absolute Gasteiger partial charge is 0.306 e. The maximum Gasteiger partial charge on any atom is 0.306 e. The zero-order valence-corrected chi connectivity index (χ0v) is 21.8. The van der Waals surface area contributed by atoms with Crippen LogP contribution in [-0.4, -0.2) is 37.2 Å². The molecule has 0 radical (unpaired) electrons. The number of carbonyl (C=O) groups excluding carboxylic acids is 3. The second kappa shape index (κ2) is 22.2. The predicted octanol–water partition coefficient (Wildman–Crippen LogP) is 6.92. The molecule has 6 heteroatoms. The Balaban J connectivity index is 3.53. The van der Waals surface area contributed by atoms with E-state index in [0.717, 1.165) is 25.2 Å². The molecular formula is C27H50O6. The molecule has 0 heterocycles. The highest BCUT2D eigenvalue weighted by Crippen LogP contribution is 2.15. The van der Waals surface area contributed by atoms with Gasteiger partial charge >= 0.3 is 17.9 Å². The highest BCUT2D eigenvalue weighted by molar-refractivity contribution is 5.70. The number of carbonyl (C=O) groups is 3. The molecule has 0 saturated carbocycles. The van der Waals surface area contributed by atoms with Gasteiger partial charge in [0, 0.05) is 20.3 Å². The van der Waals surface area contributed by atoms with Gasteiger partial charge in [0.1, 0.15) is 13.2 Å². The maximum absolute atomic E-state index is 12.0. The van der Waals surface area contributed by atoms with Crippen molar-refractivity contribution in [3.8, 4) is 0 Å². The number of ether oxygens (including phenoxy) is 3. The Labute approximate surface area is 202 Å². The van der Waals surface area contributed by atoms with Crippen LogP contribution in [-0.2, 0) is 28.6 Å². The average molecular weight is 471 g/mol. The van der Waals surface area contributed by atoms with Crippen molar-refractivity contribution in [3.63, 3.8) is 0 Å². The van der Waals surface area contributed by atoms with Gasteiger partial charge in [-0.05, 0) is 12.3 Å². The summed E-state index contributed by atoms with van der Waals surface area (Å²) in [5.41, 5.74) is 0. The number of unbranched alkanes of at least 4 members (excludes halogenated alkanes) is 13. The normalized spacial score (nSPS) is 11.1. The van der Waals surface area contributed by atoms with E-state index in [9.17, 15) is 14.4 Å². The van der Waals surface area contributed by atoms with E-state index in [0.29, 0.717) is 6.42 Å². The van der Waals surface area contributed by atoms with Crippen molar-refractivity contribution in [2.75, 3.05) is 13.2 Å². The van der Waals surface area contributed by atoms with Gasteiger partial charge < -0.3 is 14.2 Å². The Morgan fingerprint density at radius 3 is 1.30 bits per heavy atom. The first-order valence-corrected chi connectivity index (χ1v) is 13.3.